The third kappa shape index (κ3) is 2.60. The lowest BCUT2D eigenvalue weighted by molar-refractivity contribution is -0.283. The molecule has 2 heterocycles. The smallest absolute Gasteiger partial charge is 0.271 e. The van der Waals surface area contributed by atoms with Gasteiger partial charge in [0.05, 0.1) is 0 Å². The van der Waals surface area contributed by atoms with Crippen molar-refractivity contribution in [2.24, 2.45) is 0 Å². The Morgan fingerprint density at radius 3 is 2.68 bits per heavy atom. The molecule has 1 unspecified atom stereocenters. The number of carbonyl (C=O) groups is 2. The molecule has 118 valence electrons. The maximum atomic E-state index is 12.3. The number of benzene rings is 1. The fraction of sp³-hybridized carbons (Fsp3) is 0.500. The molecule has 0 aliphatic carbocycles. The number of hydrogen-bond donors (Lipinski definition) is 1. The van der Waals surface area contributed by atoms with Crippen LogP contribution in [-0.2, 0) is 25.8 Å². The van der Waals surface area contributed by atoms with Crippen LogP contribution in [0.15, 0.2) is 30.3 Å². The summed E-state index contributed by atoms with van der Waals surface area (Å²) in [4.78, 5) is 29.4. The quantitative estimate of drug-likeness (QED) is 0.843. The normalized spacial score (nSPS) is 23.2. The predicted molar refractivity (Wildman–Crippen MR) is 78.5 cm³/mol. The lowest BCUT2D eigenvalue weighted by Gasteiger charge is -2.57. The molecule has 0 bridgehead atoms. The Morgan fingerprint density at radius 2 is 2.05 bits per heavy atom. The molecule has 1 aromatic rings. The molecule has 2 aliphatic rings. The average Bonchev–Trinajstić information content (AvgIpc) is 2.54. The number of rotatable bonds is 4. The van der Waals surface area contributed by atoms with Crippen molar-refractivity contribution >= 4 is 11.8 Å². The van der Waals surface area contributed by atoms with Gasteiger partial charge in [0.1, 0.15) is 18.2 Å². The van der Waals surface area contributed by atoms with Crippen LogP contribution < -0.4 is 5.32 Å². The highest BCUT2D eigenvalue weighted by atomic mass is 16.7. The molecule has 6 heteroatoms. The van der Waals surface area contributed by atoms with E-state index in [0.29, 0.717) is 32.7 Å². The topological polar surface area (TPSA) is 67.9 Å². The molecule has 22 heavy (non-hydrogen) atoms. The number of β-lactam (4-membered cyclic amide) rings is 1. The molecular weight excluding hydrogens is 284 g/mol. The van der Waals surface area contributed by atoms with Crippen LogP contribution in [-0.4, -0.2) is 41.7 Å². The van der Waals surface area contributed by atoms with Crippen molar-refractivity contribution in [3.8, 4) is 0 Å². The summed E-state index contributed by atoms with van der Waals surface area (Å²) in [5.74, 6) is -0.389. The number of hydroxylamine groups is 2. The molecule has 1 spiro atoms. The Bertz CT molecular complexity index is 555. The SMILES string of the molecule is CC(=O)NC1C(=O)N(OCc2ccccc2)C12CCOCC2. The number of amides is 2. The zero-order valence-electron chi connectivity index (χ0n) is 12.6. The molecule has 2 fully saturated rings. The minimum atomic E-state index is -0.510. The van der Waals surface area contributed by atoms with Gasteiger partial charge in [-0.1, -0.05) is 30.3 Å². The van der Waals surface area contributed by atoms with Crippen LogP contribution >= 0.6 is 0 Å². The molecule has 0 radical (unpaired) electrons. The first-order valence-electron chi connectivity index (χ1n) is 7.49. The van der Waals surface area contributed by atoms with Gasteiger partial charge in [0.2, 0.25) is 5.91 Å². The first kappa shape index (κ1) is 15.0. The zero-order valence-corrected chi connectivity index (χ0v) is 12.6. The molecule has 1 aromatic carbocycles. The third-order valence-corrected chi connectivity index (χ3v) is 4.30. The minimum Gasteiger partial charge on any atom is -0.381 e. The van der Waals surface area contributed by atoms with Crippen LogP contribution in [0.25, 0.3) is 0 Å². The van der Waals surface area contributed by atoms with Gasteiger partial charge in [0.25, 0.3) is 5.91 Å². The summed E-state index contributed by atoms with van der Waals surface area (Å²) in [5, 5.41) is 4.20. The van der Waals surface area contributed by atoms with E-state index in [9.17, 15) is 9.59 Å². The first-order chi connectivity index (χ1) is 10.6. The van der Waals surface area contributed by atoms with Gasteiger partial charge < -0.3 is 10.1 Å². The van der Waals surface area contributed by atoms with Gasteiger partial charge >= 0.3 is 0 Å². The van der Waals surface area contributed by atoms with Crippen LogP contribution in [0.1, 0.15) is 25.3 Å². The van der Waals surface area contributed by atoms with Crippen LogP contribution in [0.5, 0.6) is 0 Å². The van der Waals surface area contributed by atoms with Crippen LogP contribution in [0.2, 0.25) is 0 Å². The van der Waals surface area contributed by atoms with E-state index in [0.717, 1.165) is 5.56 Å². The lowest BCUT2D eigenvalue weighted by atomic mass is 9.74. The molecular formula is C16H20N2O4. The monoisotopic (exact) mass is 304 g/mol. The molecule has 1 N–H and O–H groups in total. The van der Waals surface area contributed by atoms with Crippen LogP contribution in [0.3, 0.4) is 0 Å². The molecule has 2 amide bonds. The first-order valence-corrected chi connectivity index (χ1v) is 7.49. The van der Waals surface area contributed by atoms with E-state index in [2.05, 4.69) is 5.32 Å². The second-order valence-corrected chi connectivity index (χ2v) is 5.74. The van der Waals surface area contributed by atoms with E-state index in [4.69, 9.17) is 9.57 Å². The molecule has 0 saturated carbocycles. The Balaban J connectivity index is 1.72. The van der Waals surface area contributed by atoms with Gasteiger partial charge in [0, 0.05) is 20.1 Å². The Labute approximate surface area is 129 Å². The summed E-state index contributed by atoms with van der Waals surface area (Å²) < 4.78 is 5.39. The van der Waals surface area contributed by atoms with E-state index in [1.54, 1.807) is 0 Å². The van der Waals surface area contributed by atoms with Crippen molar-refractivity contribution in [3.63, 3.8) is 0 Å². The average molecular weight is 304 g/mol. The van der Waals surface area contributed by atoms with E-state index in [-0.39, 0.29) is 11.8 Å². The molecule has 6 nitrogen and oxygen atoms in total. The van der Waals surface area contributed by atoms with E-state index in [1.807, 2.05) is 30.3 Å². The van der Waals surface area contributed by atoms with Crippen LogP contribution in [0, 0.1) is 0 Å². The highest BCUT2D eigenvalue weighted by Gasteiger charge is 2.62. The van der Waals surface area contributed by atoms with E-state index in [1.165, 1.54) is 12.0 Å². The zero-order chi connectivity index (χ0) is 15.6. The summed E-state index contributed by atoms with van der Waals surface area (Å²) in [6, 6.07) is 9.19. The highest BCUT2D eigenvalue weighted by molar-refractivity contribution is 5.94. The Hall–Kier alpha value is -1.92. The number of nitrogens with one attached hydrogen (secondary N) is 1. The summed E-state index contributed by atoms with van der Waals surface area (Å²) in [7, 11) is 0. The summed E-state index contributed by atoms with van der Waals surface area (Å²) in [6.07, 6.45) is 1.33. The van der Waals surface area contributed by atoms with Gasteiger partial charge in [-0.05, 0) is 18.4 Å². The summed E-state index contributed by atoms with van der Waals surface area (Å²) in [6.45, 7) is 2.89. The van der Waals surface area contributed by atoms with Gasteiger partial charge in [0.15, 0.2) is 0 Å². The van der Waals surface area contributed by atoms with Gasteiger partial charge in [-0.2, -0.15) is 0 Å². The van der Waals surface area contributed by atoms with Crippen molar-refractivity contribution in [1.82, 2.24) is 10.4 Å². The Kier molecular flexibility index (Phi) is 4.13. The standard InChI is InChI=1S/C16H20N2O4/c1-12(19)17-14-15(20)18(16(14)7-9-21-10-8-16)22-11-13-5-3-2-4-6-13/h2-6,14H,7-11H2,1H3,(H,17,19). The molecule has 3 rings (SSSR count). The second kappa shape index (κ2) is 6.06. The van der Waals surface area contributed by atoms with Gasteiger partial charge in [-0.3, -0.25) is 14.4 Å². The number of carbonyl (C=O) groups excluding carboxylic acids is 2. The summed E-state index contributed by atoms with van der Waals surface area (Å²) in [5.41, 5.74) is 0.524. The third-order valence-electron chi connectivity index (χ3n) is 4.30. The molecule has 1 atom stereocenters. The maximum Gasteiger partial charge on any atom is 0.271 e. The minimum absolute atomic E-state index is 0.187. The van der Waals surface area contributed by atoms with Gasteiger partial charge in [-0.15, -0.1) is 0 Å². The Morgan fingerprint density at radius 1 is 1.36 bits per heavy atom. The fourth-order valence-electron chi connectivity index (χ4n) is 3.14. The summed E-state index contributed by atoms with van der Waals surface area (Å²) >= 11 is 0. The van der Waals surface area contributed by atoms with Crippen molar-refractivity contribution in [3.05, 3.63) is 35.9 Å². The van der Waals surface area contributed by atoms with E-state index >= 15 is 0 Å². The number of nitrogens with zero attached hydrogens (tertiary/aromatic N) is 1. The van der Waals surface area contributed by atoms with Crippen molar-refractivity contribution in [2.45, 2.75) is 38.0 Å². The predicted octanol–water partition coefficient (Wildman–Crippen LogP) is 1.01. The molecule has 0 aromatic heterocycles. The maximum absolute atomic E-state index is 12.3. The van der Waals surface area contributed by atoms with Crippen molar-refractivity contribution < 1.29 is 19.2 Å². The number of ether oxygens (including phenoxy) is 1. The molecule has 2 aliphatic heterocycles. The molecule has 2 saturated heterocycles. The van der Waals surface area contributed by atoms with Crippen molar-refractivity contribution in [2.75, 3.05) is 13.2 Å². The van der Waals surface area contributed by atoms with Crippen molar-refractivity contribution in [1.29, 1.82) is 0 Å². The van der Waals surface area contributed by atoms with Crippen LogP contribution in [0.4, 0.5) is 0 Å². The highest BCUT2D eigenvalue weighted by Crippen LogP contribution is 2.41. The largest absolute Gasteiger partial charge is 0.381 e. The van der Waals surface area contributed by atoms with E-state index < -0.39 is 11.6 Å². The fourth-order valence-corrected chi connectivity index (χ4v) is 3.14. The van der Waals surface area contributed by atoms with Gasteiger partial charge in [-0.25, -0.2) is 5.06 Å². The lowest BCUT2D eigenvalue weighted by Crippen LogP contribution is -2.79. The number of hydrogen-bond acceptors (Lipinski definition) is 4. The second-order valence-electron chi connectivity index (χ2n) is 5.74.